The van der Waals surface area contributed by atoms with E-state index in [4.69, 9.17) is 11.6 Å². The lowest BCUT2D eigenvalue weighted by Gasteiger charge is -2.12. The molecule has 2 aromatic carbocycles. The lowest BCUT2D eigenvalue weighted by molar-refractivity contribution is 0.599. The number of sulfonamides is 1. The molecule has 23 heavy (non-hydrogen) atoms. The molecule has 0 unspecified atom stereocenters. The minimum atomic E-state index is -4.02. The van der Waals surface area contributed by atoms with Gasteiger partial charge in [0.2, 0.25) is 0 Å². The van der Waals surface area contributed by atoms with Gasteiger partial charge in [0.05, 0.1) is 15.6 Å². The van der Waals surface area contributed by atoms with Crippen molar-refractivity contribution < 1.29 is 16.8 Å². The molecule has 2 aromatic rings. The first-order valence-electron chi connectivity index (χ1n) is 6.29. The maximum Gasteiger partial charge on any atom is 0.263 e. The van der Waals surface area contributed by atoms with Crippen molar-refractivity contribution in [2.45, 2.75) is 16.7 Å². The van der Waals surface area contributed by atoms with E-state index in [9.17, 15) is 16.8 Å². The highest BCUT2D eigenvalue weighted by Crippen LogP contribution is 2.28. The van der Waals surface area contributed by atoms with Crippen LogP contribution in [0.4, 0.5) is 5.69 Å². The molecular formula is C14H13BrClNO4S2. The Morgan fingerprint density at radius 2 is 1.70 bits per heavy atom. The van der Waals surface area contributed by atoms with E-state index in [1.54, 1.807) is 25.1 Å². The molecule has 0 aliphatic heterocycles. The molecule has 0 fully saturated rings. The summed E-state index contributed by atoms with van der Waals surface area (Å²) in [4.78, 5) is -0.404. The molecule has 1 N–H and O–H groups in total. The van der Waals surface area contributed by atoms with Crippen LogP contribution in [0.1, 0.15) is 5.56 Å². The summed E-state index contributed by atoms with van der Waals surface area (Å²) < 4.78 is 51.5. The predicted molar refractivity (Wildman–Crippen MR) is 94.2 cm³/mol. The highest BCUT2D eigenvalue weighted by molar-refractivity contribution is 9.10. The Labute approximate surface area is 148 Å². The number of rotatable bonds is 4. The van der Waals surface area contributed by atoms with Crippen LogP contribution in [0.5, 0.6) is 0 Å². The van der Waals surface area contributed by atoms with Gasteiger partial charge in [0.15, 0.2) is 9.84 Å². The lowest BCUT2D eigenvalue weighted by atomic mass is 10.2. The molecule has 0 radical (unpaired) electrons. The van der Waals surface area contributed by atoms with E-state index in [1.807, 2.05) is 0 Å². The lowest BCUT2D eigenvalue weighted by Crippen LogP contribution is -2.15. The third-order valence-electron chi connectivity index (χ3n) is 3.05. The third-order valence-corrected chi connectivity index (χ3v) is 6.50. The molecule has 0 atom stereocenters. The van der Waals surface area contributed by atoms with Crippen LogP contribution < -0.4 is 4.72 Å². The normalized spacial score (nSPS) is 12.2. The maximum absolute atomic E-state index is 12.5. The molecule has 0 aliphatic carbocycles. The average molecular weight is 439 g/mol. The van der Waals surface area contributed by atoms with Gasteiger partial charge in [0.1, 0.15) is 4.90 Å². The Bertz CT molecular complexity index is 972. The minimum absolute atomic E-state index is 0.0559. The SMILES string of the molecule is Cc1cc(Br)ccc1NS(=O)(=O)c1cc(S(C)(=O)=O)ccc1Cl. The first-order chi connectivity index (χ1) is 10.5. The molecule has 0 aromatic heterocycles. The van der Waals surface area contributed by atoms with Crippen LogP contribution in [-0.4, -0.2) is 23.1 Å². The van der Waals surface area contributed by atoms with Gasteiger partial charge in [-0.2, -0.15) is 0 Å². The van der Waals surface area contributed by atoms with E-state index < -0.39 is 19.9 Å². The van der Waals surface area contributed by atoms with Crippen LogP contribution in [-0.2, 0) is 19.9 Å². The third kappa shape index (κ3) is 4.26. The molecule has 124 valence electrons. The zero-order valence-corrected chi connectivity index (χ0v) is 16.1. The van der Waals surface area contributed by atoms with Crippen LogP contribution in [0.25, 0.3) is 0 Å². The van der Waals surface area contributed by atoms with E-state index in [-0.39, 0.29) is 14.8 Å². The van der Waals surface area contributed by atoms with Crippen molar-refractivity contribution in [2.24, 2.45) is 0 Å². The van der Waals surface area contributed by atoms with Gasteiger partial charge < -0.3 is 0 Å². The number of hydrogen-bond donors (Lipinski definition) is 1. The van der Waals surface area contributed by atoms with Gasteiger partial charge in [-0.1, -0.05) is 27.5 Å². The molecule has 0 spiro atoms. The van der Waals surface area contributed by atoms with Crippen molar-refractivity contribution in [3.8, 4) is 0 Å². The van der Waals surface area contributed by atoms with Gasteiger partial charge in [-0.05, 0) is 48.9 Å². The van der Waals surface area contributed by atoms with Crippen molar-refractivity contribution >= 4 is 53.1 Å². The molecule has 9 heteroatoms. The number of hydrogen-bond acceptors (Lipinski definition) is 4. The van der Waals surface area contributed by atoms with Crippen LogP contribution in [0.15, 0.2) is 50.7 Å². The van der Waals surface area contributed by atoms with Crippen LogP contribution in [0.3, 0.4) is 0 Å². The number of benzene rings is 2. The first kappa shape index (κ1) is 18.3. The Kier molecular flexibility index (Phi) is 5.10. The Morgan fingerprint density at radius 1 is 1.04 bits per heavy atom. The van der Waals surface area contributed by atoms with E-state index in [1.165, 1.54) is 12.1 Å². The predicted octanol–water partition coefficient (Wildman–Crippen LogP) is 3.62. The van der Waals surface area contributed by atoms with Crippen LogP contribution >= 0.6 is 27.5 Å². The quantitative estimate of drug-likeness (QED) is 0.790. The van der Waals surface area contributed by atoms with Gasteiger partial charge >= 0.3 is 0 Å². The fourth-order valence-electron chi connectivity index (χ4n) is 1.86. The molecule has 0 saturated heterocycles. The summed E-state index contributed by atoms with van der Waals surface area (Å²) in [6.07, 6.45) is 0.999. The second-order valence-electron chi connectivity index (χ2n) is 4.93. The second kappa shape index (κ2) is 6.43. The van der Waals surface area contributed by atoms with Gasteiger partial charge in [-0.15, -0.1) is 0 Å². The summed E-state index contributed by atoms with van der Waals surface area (Å²) in [7, 11) is -7.57. The first-order valence-corrected chi connectivity index (χ1v) is 10.8. The summed E-state index contributed by atoms with van der Waals surface area (Å²) in [6.45, 7) is 1.75. The Hall–Kier alpha value is -1.09. The molecule has 2 rings (SSSR count). The Balaban J connectivity index is 2.51. The van der Waals surface area contributed by atoms with Crippen molar-refractivity contribution in [1.29, 1.82) is 0 Å². The van der Waals surface area contributed by atoms with Gasteiger partial charge in [0, 0.05) is 10.7 Å². The molecule has 0 bridgehead atoms. The fraction of sp³-hybridized carbons (Fsp3) is 0.143. The van der Waals surface area contributed by atoms with Gasteiger partial charge in [-0.3, -0.25) is 4.72 Å². The smallest absolute Gasteiger partial charge is 0.263 e. The van der Waals surface area contributed by atoms with E-state index in [0.717, 1.165) is 16.8 Å². The summed E-state index contributed by atoms with van der Waals surface area (Å²) in [6, 6.07) is 8.62. The summed E-state index contributed by atoms with van der Waals surface area (Å²) in [5.74, 6) is 0. The number of halogens is 2. The fourth-order valence-corrected chi connectivity index (χ4v) is 4.72. The monoisotopic (exact) mass is 437 g/mol. The van der Waals surface area contributed by atoms with Gasteiger partial charge in [-0.25, -0.2) is 16.8 Å². The van der Waals surface area contributed by atoms with Gasteiger partial charge in [0.25, 0.3) is 10.0 Å². The number of sulfone groups is 1. The molecule has 0 aliphatic rings. The summed E-state index contributed by atoms with van der Waals surface area (Å²) in [5.41, 5.74) is 1.09. The summed E-state index contributed by atoms with van der Waals surface area (Å²) in [5, 5.41) is -0.0559. The molecule has 0 saturated carbocycles. The number of aryl methyl sites for hydroxylation is 1. The largest absolute Gasteiger partial charge is 0.279 e. The second-order valence-corrected chi connectivity index (χ2v) is 9.92. The van der Waals surface area contributed by atoms with E-state index in [0.29, 0.717) is 11.3 Å². The topological polar surface area (TPSA) is 80.3 Å². The zero-order chi connectivity index (χ0) is 17.4. The minimum Gasteiger partial charge on any atom is -0.279 e. The zero-order valence-electron chi connectivity index (χ0n) is 12.2. The van der Waals surface area contributed by atoms with Crippen molar-refractivity contribution in [3.63, 3.8) is 0 Å². The maximum atomic E-state index is 12.5. The van der Waals surface area contributed by atoms with E-state index in [2.05, 4.69) is 20.7 Å². The molecule has 0 amide bonds. The molecule has 0 heterocycles. The number of nitrogens with one attached hydrogen (secondary N) is 1. The Morgan fingerprint density at radius 3 is 2.26 bits per heavy atom. The summed E-state index contributed by atoms with van der Waals surface area (Å²) >= 11 is 9.24. The molecular weight excluding hydrogens is 426 g/mol. The van der Waals surface area contributed by atoms with Crippen LogP contribution in [0, 0.1) is 6.92 Å². The van der Waals surface area contributed by atoms with E-state index >= 15 is 0 Å². The number of anilines is 1. The van der Waals surface area contributed by atoms with Crippen molar-refractivity contribution in [2.75, 3.05) is 11.0 Å². The standard InChI is InChI=1S/C14H13BrClNO4S2/c1-9-7-10(15)3-6-13(9)17-23(20,21)14-8-11(22(2,18)19)4-5-12(14)16/h3-8,17H,1-2H3. The van der Waals surface area contributed by atoms with Crippen molar-refractivity contribution in [3.05, 3.63) is 51.5 Å². The van der Waals surface area contributed by atoms with Crippen molar-refractivity contribution in [1.82, 2.24) is 0 Å². The van der Waals surface area contributed by atoms with Crippen LogP contribution in [0.2, 0.25) is 5.02 Å². The molecule has 5 nitrogen and oxygen atoms in total. The highest BCUT2D eigenvalue weighted by atomic mass is 79.9. The highest BCUT2D eigenvalue weighted by Gasteiger charge is 2.21. The average Bonchev–Trinajstić information content (AvgIpc) is 2.41.